The summed E-state index contributed by atoms with van der Waals surface area (Å²) in [7, 11) is 0. The first kappa shape index (κ1) is 16.0. The maximum absolute atomic E-state index is 2.42. The molecule has 0 heterocycles. The van der Waals surface area contributed by atoms with E-state index in [0.29, 0.717) is 5.41 Å². The van der Waals surface area contributed by atoms with Crippen molar-refractivity contribution in [2.75, 3.05) is 0 Å². The minimum Gasteiger partial charge on any atom is -0.0654 e. The molecule has 0 aromatic heterocycles. The lowest BCUT2D eigenvalue weighted by Gasteiger charge is -2.31. The molecule has 0 saturated heterocycles. The van der Waals surface area contributed by atoms with Crippen molar-refractivity contribution in [3.8, 4) is 0 Å². The monoisotopic (exact) mass is 226 g/mol. The molecule has 0 aliphatic carbocycles. The van der Waals surface area contributed by atoms with Crippen LogP contribution in [0.4, 0.5) is 0 Å². The Kier molecular flexibility index (Phi) is 9.07. The molecule has 0 aromatic carbocycles. The van der Waals surface area contributed by atoms with Crippen LogP contribution in [0.5, 0.6) is 0 Å². The van der Waals surface area contributed by atoms with Crippen LogP contribution in [-0.2, 0) is 0 Å². The minimum absolute atomic E-state index is 0.514. The van der Waals surface area contributed by atoms with E-state index in [4.69, 9.17) is 0 Å². The van der Waals surface area contributed by atoms with Crippen LogP contribution < -0.4 is 0 Å². The van der Waals surface area contributed by atoms with Crippen LogP contribution in [-0.4, -0.2) is 0 Å². The van der Waals surface area contributed by atoms with Gasteiger partial charge in [0.1, 0.15) is 0 Å². The van der Waals surface area contributed by atoms with E-state index in [1.54, 1.807) is 0 Å². The third kappa shape index (κ3) is 8.19. The Labute approximate surface area is 104 Å². The van der Waals surface area contributed by atoms with Crippen molar-refractivity contribution in [1.82, 2.24) is 0 Å². The van der Waals surface area contributed by atoms with Gasteiger partial charge in [-0.2, -0.15) is 0 Å². The lowest BCUT2D eigenvalue weighted by molar-refractivity contribution is 0.202. The number of hydrogen-bond donors (Lipinski definition) is 0. The van der Waals surface area contributed by atoms with Gasteiger partial charge in [0, 0.05) is 0 Å². The molecule has 0 bridgehead atoms. The van der Waals surface area contributed by atoms with Crippen molar-refractivity contribution in [3.63, 3.8) is 0 Å². The van der Waals surface area contributed by atoms with Gasteiger partial charge in [-0.05, 0) is 24.2 Å². The summed E-state index contributed by atoms with van der Waals surface area (Å²) in [6, 6.07) is 0. The van der Waals surface area contributed by atoms with Gasteiger partial charge in [-0.3, -0.25) is 0 Å². The molecular weight excluding hydrogens is 192 g/mol. The Hall–Kier alpha value is 0. The first-order valence-corrected chi connectivity index (χ1v) is 7.52. The van der Waals surface area contributed by atoms with Crippen molar-refractivity contribution in [2.45, 2.75) is 92.4 Å². The second-order valence-electron chi connectivity index (χ2n) is 6.41. The summed E-state index contributed by atoms with van der Waals surface area (Å²) < 4.78 is 0. The lowest BCUT2D eigenvalue weighted by atomic mass is 9.75. The van der Waals surface area contributed by atoms with Gasteiger partial charge < -0.3 is 0 Å². The summed E-state index contributed by atoms with van der Waals surface area (Å²) in [5.41, 5.74) is 0.514. The second kappa shape index (κ2) is 9.07. The molecule has 16 heavy (non-hydrogen) atoms. The SMILES string of the molecule is CCCCCCCC(CCCC)C(C)(C)C. The molecule has 0 amide bonds. The zero-order chi connectivity index (χ0) is 12.4. The number of unbranched alkanes of at least 4 members (excludes halogenated alkanes) is 5. The standard InChI is InChI=1S/C16H34/c1-6-8-10-11-12-14-15(13-9-7-2)16(3,4)5/h15H,6-14H2,1-5H3. The quantitative estimate of drug-likeness (QED) is 0.411. The summed E-state index contributed by atoms with van der Waals surface area (Å²) in [5.74, 6) is 0.939. The number of hydrogen-bond acceptors (Lipinski definition) is 0. The third-order valence-corrected chi connectivity index (χ3v) is 3.79. The molecule has 98 valence electrons. The minimum atomic E-state index is 0.514. The van der Waals surface area contributed by atoms with E-state index in [0.717, 1.165) is 5.92 Å². The molecule has 0 spiro atoms. The summed E-state index contributed by atoms with van der Waals surface area (Å²) in [5, 5.41) is 0. The van der Waals surface area contributed by atoms with Gasteiger partial charge in [0.15, 0.2) is 0 Å². The average Bonchev–Trinajstić information content (AvgIpc) is 2.20. The van der Waals surface area contributed by atoms with Gasteiger partial charge in [0.25, 0.3) is 0 Å². The van der Waals surface area contributed by atoms with Gasteiger partial charge in [-0.1, -0.05) is 79.6 Å². The maximum atomic E-state index is 2.42. The molecule has 1 atom stereocenters. The van der Waals surface area contributed by atoms with Crippen LogP contribution in [0.25, 0.3) is 0 Å². The molecule has 0 saturated carbocycles. The molecular formula is C16H34. The molecule has 0 aromatic rings. The van der Waals surface area contributed by atoms with E-state index in [1.807, 2.05) is 0 Å². The Bertz CT molecular complexity index is 141. The van der Waals surface area contributed by atoms with E-state index >= 15 is 0 Å². The Morgan fingerprint density at radius 3 is 1.69 bits per heavy atom. The van der Waals surface area contributed by atoms with Crippen LogP contribution in [0.2, 0.25) is 0 Å². The highest BCUT2D eigenvalue weighted by atomic mass is 14.3. The summed E-state index contributed by atoms with van der Waals surface area (Å²) in [4.78, 5) is 0. The highest BCUT2D eigenvalue weighted by Crippen LogP contribution is 2.34. The second-order valence-corrected chi connectivity index (χ2v) is 6.41. The van der Waals surface area contributed by atoms with Gasteiger partial charge in [0.2, 0.25) is 0 Å². The highest BCUT2D eigenvalue weighted by molar-refractivity contribution is 4.74. The molecule has 0 radical (unpaired) electrons. The van der Waals surface area contributed by atoms with Crippen molar-refractivity contribution >= 4 is 0 Å². The Morgan fingerprint density at radius 1 is 0.688 bits per heavy atom. The van der Waals surface area contributed by atoms with E-state index in [2.05, 4.69) is 34.6 Å². The van der Waals surface area contributed by atoms with Crippen molar-refractivity contribution in [2.24, 2.45) is 11.3 Å². The molecule has 0 heteroatoms. The van der Waals surface area contributed by atoms with E-state index in [9.17, 15) is 0 Å². The first-order valence-electron chi connectivity index (χ1n) is 7.52. The summed E-state index contributed by atoms with van der Waals surface area (Å²) >= 11 is 0. The molecule has 0 aliphatic rings. The predicted molar refractivity (Wildman–Crippen MR) is 75.8 cm³/mol. The fourth-order valence-electron chi connectivity index (χ4n) is 2.46. The van der Waals surface area contributed by atoms with Crippen molar-refractivity contribution in [1.29, 1.82) is 0 Å². The Balaban J connectivity index is 3.75. The Morgan fingerprint density at radius 2 is 1.19 bits per heavy atom. The average molecular weight is 226 g/mol. The molecule has 0 N–H and O–H groups in total. The van der Waals surface area contributed by atoms with E-state index in [1.165, 1.54) is 57.8 Å². The van der Waals surface area contributed by atoms with Crippen LogP contribution in [0.3, 0.4) is 0 Å². The van der Waals surface area contributed by atoms with Crippen LogP contribution >= 0.6 is 0 Å². The van der Waals surface area contributed by atoms with Crippen LogP contribution in [0.15, 0.2) is 0 Å². The number of rotatable bonds is 9. The highest BCUT2D eigenvalue weighted by Gasteiger charge is 2.23. The lowest BCUT2D eigenvalue weighted by Crippen LogP contribution is -2.20. The zero-order valence-electron chi connectivity index (χ0n) is 12.4. The van der Waals surface area contributed by atoms with E-state index < -0.39 is 0 Å². The molecule has 0 fully saturated rings. The van der Waals surface area contributed by atoms with Crippen LogP contribution in [0.1, 0.15) is 92.4 Å². The van der Waals surface area contributed by atoms with Crippen molar-refractivity contribution < 1.29 is 0 Å². The molecule has 0 nitrogen and oxygen atoms in total. The topological polar surface area (TPSA) is 0 Å². The van der Waals surface area contributed by atoms with Crippen molar-refractivity contribution in [3.05, 3.63) is 0 Å². The van der Waals surface area contributed by atoms with E-state index in [-0.39, 0.29) is 0 Å². The fourth-order valence-corrected chi connectivity index (χ4v) is 2.46. The van der Waals surface area contributed by atoms with Gasteiger partial charge in [-0.25, -0.2) is 0 Å². The smallest absolute Gasteiger partial charge is 0.0354 e. The third-order valence-electron chi connectivity index (χ3n) is 3.79. The maximum Gasteiger partial charge on any atom is -0.0354 e. The summed E-state index contributed by atoms with van der Waals surface area (Å²) in [6.07, 6.45) is 12.8. The van der Waals surface area contributed by atoms with Gasteiger partial charge >= 0.3 is 0 Å². The molecule has 1 unspecified atom stereocenters. The largest absolute Gasteiger partial charge is 0.0654 e. The zero-order valence-corrected chi connectivity index (χ0v) is 12.4. The predicted octanol–water partition coefficient (Wildman–Crippen LogP) is 6.20. The van der Waals surface area contributed by atoms with Gasteiger partial charge in [-0.15, -0.1) is 0 Å². The molecule has 0 aliphatic heterocycles. The first-order chi connectivity index (χ1) is 7.52. The molecule has 0 rings (SSSR count). The van der Waals surface area contributed by atoms with Crippen LogP contribution in [0, 0.1) is 11.3 Å². The van der Waals surface area contributed by atoms with Gasteiger partial charge in [0.05, 0.1) is 0 Å². The normalized spacial score (nSPS) is 14.1. The fraction of sp³-hybridized carbons (Fsp3) is 1.00. The summed E-state index contributed by atoms with van der Waals surface area (Å²) in [6.45, 7) is 11.8.